The Bertz CT molecular complexity index is 1540. The first-order valence-electron chi connectivity index (χ1n) is 9.54. The highest BCUT2D eigenvalue weighted by Crippen LogP contribution is 2.32. The van der Waals surface area contributed by atoms with E-state index in [0.717, 1.165) is 18.3 Å². The molecule has 0 atom stereocenters. The van der Waals surface area contributed by atoms with E-state index in [9.17, 15) is 21.6 Å². The number of nitriles is 1. The molecule has 0 N–H and O–H groups in total. The Balaban J connectivity index is 1.89. The van der Waals surface area contributed by atoms with E-state index in [1.165, 1.54) is 41.7 Å². The van der Waals surface area contributed by atoms with Gasteiger partial charge in [0, 0.05) is 13.2 Å². The molecule has 0 radical (unpaired) electrons. The van der Waals surface area contributed by atoms with E-state index in [0.29, 0.717) is 0 Å². The number of hydrogen-bond donors (Lipinski definition) is 0. The number of nitrogens with zero attached hydrogens (tertiary/aromatic N) is 9. The normalized spacial score (nSPS) is 12.0. The zero-order valence-corrected chi connectivity index (χ0v) is 18.4. The number of alkyl halides is 3. The SMILES string of the molecule is CCS(=O)(=O)c1ccc(-n2cnc(C#N)n2)nc1-c1nnc(-c2cc(C(F)(F)F)ccn2)n1C. The third kappa shape index (κ3) is 4.10. The summed E-state index contributed by atoms with van der Waals surface area (Å²) in [4.78, 5) is 11.9. The molecule has 0 aromatic carbocycles. The predicted octanol–water partition coefficient (Wildman–Crippen LogP) is 2.20. The van der Waals surface area contributed by atoms with Crippen molar-refractivity contribution < 1.29 is 21.6 Å². The maximum absolute atomic E-state index is 13.1. The summed E-state index contributed by atoms with van der Waals surface area (Å²) in [5, 5.41) is 20.8. The van der Waals surface area contributed by atoms with Gasteiger partial charge in [0.25, 0.3) is 5.82 Å². The molecule has 4 rings (SSSR count). The highest BCUT2D eigenvalue weighted by molar-refractivity contribution is 7.91. The molecule has 34 heavy (non-hydrogen) atoms. The maximum Gasteiger partial charge on any atom is 0.416 e. The van der Waals surface area contributed by atoms with Gasteiger partial charge >= 0.3 is 6.18 Å². The van der Waals surface area contributed by atoms with Crippen molar-refractivity contribution >= 4 is 9.84 Å². The minimum Gasteiger partial charge on any atom is -0.307 e. The molecule has 0 fully saturated rings. The van der Waals surface area contributed by atoms with Crippen molar-refractivity contribution in [3.63, 3.8) is 0 Å². The smallest absolute Gasteiger partial charge is 0.307 e. The summed E-state index contributed by atoms with van der Waals surface area (Å²) in [6.07, 6.45) is -2.36. The van der Waals surface area contributed by atoms with Gasteiger partial charge in [0.15, 0.2) is 27.3 Å². The Morgan fingerprint density at radius 2 is 1.85 bits per heavy atom. The standard InChI is InChI=1S/C19H14F3N9O2S/c1-3-34(32,33)13-4-5-15(31-10-25-14(9-23)29-31)26-16(13)18-28-27-17(30(18)2)12-8-11(6-7-24-12)19(20,21)22/h4-8,10H,3H2,1-2H3. The molecule has 0 saturated heterocycles. The monoisotopic (exact) mass is 489 g/mol. The molecule has 15 heteroatoms. The summed E-state index contributed by atoms with van der Waals surface area (Å²) < 4.78 is 67.3. The van der Waals surface area contributed by atoms with Crippen molar-refractivity contribution in [3.8, 4) is 34.9 Å². The zero-order chi connectivity index (χ0) is 24.7. The molecule has 0 aliphatic heterocycles. The van der Waals surface area contributed by atoms with E-state index in [4.69, 9.17) is 5.26 Å². The Morgan fingerprint density at radius 3 is 2.50 bits per heavy atom. The summed E-state index contributed by atoms with van der Waals surface area (Å²) in [6.45, 7) is 1.46. The number of halogens is 3. The van der Waals surface area contributed by atoms with Gasteiger partial charge in [0.2, 0.25) is 0 Å². The molecule has 174 valence electrons. The highest BCUT2D eigenvalue weighted by atomic mass is 32.2. The lowest BCUT2D eigenvalue weighted by Crippen LogP contribution is -2.11. The summed E-state index contributed by atoms with van der Waals surface area (Å²) in [6, 6.07) is 6.11. The van der Waals surface area contributed by atoms with Gasteiger partial charge in [-0.1, -0.05) is 6.92 Å². The quantitative estimate of drug-likeness (QED) is 0.412. The first kappa shape index (κ1) is 23.0. The van der Waals surface area contributed by atoms with Crippen molar-refractivity contribution in [2.24, 2.45) is 7.05 Å². The Labute approximate surface area is 190 Å². The van der Waals surface area contributed by atoms with Gasteiger partial charge in [-0.3, -0.25) is 4.98 Å². The van der Waals surface area contributed by atoms with E-state index >= 15 is 0 Å². The molecule has 0 saturated carbocycles. The number of rotatable bonds is 5. The van der Waals surface area contributed by atoms with Crippen LogP contribution >= 0.6 is 0 Å². The highest BCUT2D eigenvalue weighted by Gasteiger charge is 2.31. The molecule has 0 amide bonds. The summed E-state index contributed by atoms with van der Waals surface area (Å²) in [5.41, 5.74) is -1.13. The van der Waals surface area contributed by atoms with Gasteiger partial charge in [-0.25, -0.2) is 23.1 Å². The molecule has 4 heterocycles. The van der Waals surface area contributed by atoms with Crippen molar-refractivity contribution in [1.82, 2.24) is 39.5 Å². The molecule has 0 aliphatic carbocycles. The van der Waals surface area contributed by atoms with Crippen LogP contribution in [0.25, 0.3) is 28.9 Å². The topological polar surface area (TPSA) is 145 Å². The maximum atomic E-state index is 13.1. The number of pyridine rings is 2. The van der Waals surface area contributed by atoms with Crippen LogP contribution in [0.4, 0.5) is 13.2 Å². The molecular weight excluding hydrogens is 475 g/mol. The summed E-state index contributed by atoms with van der Waals surface area (Å²) in [7, 11) is -2.33. The zero-order valence-electron chi connectivity index (χ0n) is 17.6. The van der Waals surface area contributed by atoms with Crippen LogP contribution in [-0.4, -0.2) is 53.7 Å². The third-order valence-corrected chi connectivity index (χ3v) is 6.55. The van der Waals surface area contributed by atoms with Crippen molar-refractivity contribution in [3.05, 3.63) is 48.2 Å². The van der Waals surface area contributed by atoms with Crippen LogP contribution in [0.15, 0.2) is 41.7 Å². The van der Waals surface area contributed by atoms with Crippen molar-refractivity contribution in [2.75, 3.05) is 5.75 Å². The van der Waals surface area contributed by atoms with Gasteiger partial charge in [-0.15, -0.1) is 15.3 Å². The molecular formula is C19H14F3N9O2S. The van der Waals surface area contributed by atoms with E-state index in [-0.39, 0.29) is 45.3 Å². The molecule has 0 unspecified atom stereocenters. The van der Waals surface area contributed by atoms with Crippen LogP contribution in [0.5, 0.6) is 0 Å². The average Bonchev–Trinajstić information content (AvgIpc) is 3.45. The van der Waals surface area contributed by atoms with E-state index in [1.807, 2.05) is 0 Å². The molecule has 4 aromatic heterocycles. The van der Waals surface area contributed by atoms with Crippen LogP contribution in [0.2, 0.25) is 0 Å². The third-order valence-electron chi connectivity index (χ3n) is 4.79. The second-order valence-electron chi connectivity index (χ2n) is 6.88. The lowest BCUT2D eigenvalue weighted by Gasteiger charge is -2.11. The fraction of sp³-hybridized carbons (Fsp3) is 0.211. The molecule has 0 aliphatic rings. The van der Waals surface area contributed by atoms with Gasteiger partial charge < -0.3 is 4.57 Å². The van der Waals surface area contributed by atoms with E-state index < -0.39 is 21.6 Å². The van der Waals surface area contributed by atoms with Crippen LogP contribution in [0, 0.1) is 11.3 Å². The first-order chi connectivity index (χ1) is 16.0. The van der Waals surface area contributed by atoms with Gasteiger partial charge in [-0.05, 0) is 24.3 Å². The molecule has 4 aromatic rings. The van der Waals surface area contributed by atoms with E-state index in [1.54, 1.807) is 6.07 Å². The fourth-order valence-electron chi connectivity index (χ4n) is 3.04. The van der Waals surface area contributed by atoms with Crippen molar-refractivity contribution in [1.29, 1.82) is 5.26 Å². The van der Waals surface area contributed by atoms with E-state index in [2.05, 4.69) is 30.2 Å². The first-order valence-corrected chi connectivity index (χ1v) is 11.2. The Morgan fingerprint density at radius 1 is 1.12 bits per heavy atom. The number of aromatic nitrogens is 8. The fourth-order valence-corrected chi connectivity index (χ4v) is 4.06. The van der Waals surface area contributed by atoms with Gasteiger partial charge in [-0.2, -0.15) is 18.4 Å². The lowest BCUT2D eigenvalue weighted by atomic mass is 10.2. The lowest BCUT2D eigenvalue weighted by molar-refractivity contribution is -0.137. The average molecular weight is 489 g/mol. The second-order valence-corrected chi connectivity index (χ2v) is 9.12. The Kier molecular flexibility index (Phi) is 5.61. The molecule has 0 spiro atoms. The number of sulfone groups is 1. The van der Waals surface area contributed by atoms with Crippen LogP contribution < -0.4 is 0 Å². The predicted molar refractivity (Wildman–Crippen MR) is 110 cm³/mol. The van der Waals surface area contributed by atoms with Gasteiger partial charge in [0.1, 0.15) is 23.8 Å². The largest absolute Gasteiger partial charge is 0.416 e. The van der Waals surface area contributed by atoms with Gasteiger partial charge in [0.05, 0.1) is 16.2 Å². The minimum atomic E-state index is -4.59. The Hall–Kier alpha value is -4.19. The second kappa shape index (κ2) is 8.30. The molecule has 0 bridgehead atoms. The van der Waals surface area contributed by atoms with Crippen LogP contribution in [0.1, 0.15) is 18.3 Å². The summed E-state index contributed by atoms with van der Waals surface area (Å²) in [5.74, 6) is -0.265. The summed E-state index contributed by atoms with van der Waals surface area (Å²) >= 11 is 0. The van der Waals surface area contributed by atoms with Crippen molar-refractivity contribution in [2.45, 2.75) is 18.0 Å². The molecule has 11 nitrogen and oxygen atoms in total. The number of hydrogen-bond acceptors (Lipinski definition) is 9. The minimum absolute atomic E-state index is 0.0243. The van der Waals surface area contributed by atoms with Crippen LogP contribution in [-0.2, 0) is 23.1 Å². The van der Waals surface area contributed by atoms with Crippen LogP contribution in [0.3, 0.4) is 0 Å².